The molecule has 1 aliphatic rings. The molecular formula is C24H22N2O3S. The number of benzene rings is 3. The van der Waals surface area contributed by atoms with Crippen LogP contribution >= 0.6 is 11.8 Å². The summed E-state index contributed by atoms with van der Waals surface area (Å²) in [4.78, 5) is 27.4. The molecule has 30 heavy (non-hydrogen) atoms. The molecule has 0 saturated carbocycles. The number of rotatable bonds is 5. The van der Waals surface area contributed by atoms with Gasteiger partial charge < -0.3 is 10.1 Å². The monoisotopic (exact) mass is 418 g/mol. The molecule has 0 aliphatic carbocycles. The predicted molar refractivity (Wildman–Crippen MR) is 121 cm³/mol. The molecule has 0 radical (unpaired) electrons. The van der Waals surface area contributed by atoms with E-state index in [2.05, 4.69) is 5.32 Å². The van der Waals surface area contributed by atoms with Gasteiger partial charge in [0.05, 0.1) is 18.6 Å². The Hall–Kier alpha value is -3.25. The molecular weight excluding hydrogens is 396 g/mol. The summed E-state index contributed by atoms with van der Waals surface area (Å²) in [7, 11) is 1.60. The Morgan fingerprint density at radius 3 is 2.53 bits per heavy atom. The van der Waals surface area contributed by atoms with E-state index in [1.807, 2.05) is 79.7 Å². The standard InChI is InChI=1S/C24H22N2O3S/c1-16-9-3-4-10-17(16)23(28)25-19-12-6-5-11-18(19)24-26(22(27)15-30-24)20-13-7-8-14-21(20)29-2/h3-14,24H,15H2,1-2H3,(H,25,28). The van der Waals surface area contributed by atoms with Crippen molar-refractivity contribution in [1.82, 2.24) is 0 Å². The fourth-order valence-electron chi connectivity index (χ4n) is 3.59. The summed E-state index contributed by atoms with van der Waals surface area (Å²) in [5.41, 5.74) is 3.83. The second-order valence-electron chi connectivity index (χ2n) is 6.96. The third-order valence-corrected chi connectivity index (χ3v) is 6.27. The van der Waals surface area contributed by atoms with E-state index in [0.29, 0.717) is 22.8 Å². The lowest BCUT2D eigenvalue weighted by Gasteiger charge is -2.27. The van der Waals surface area contributed by atoms with E-state index in [1.54, 1.807) is 12.0 Å². The lowest BCUT2D eigenvalue weighted by molar-refractivity contribution is -0.115. The summed E-state index contributed by atoms with van der Waals surface area (Å²) in [5, 5.41) is 2.78. The minimum atomic E-state index is -0.262. The summed E-state index contributed by atoms with van der Waals surface area (Å²) < 4.78 is 5.48. The number of para-hydroxylation sites is 3. The van der Waals surface area contributed by atoms with Crippen molar-refractivity contribution in [3.63, 3.8) is 0 Å². The second-order valence-corrected chi connectivity index (χ2v) is 8.02. The van der Waals surface area contributed by atoms with Gasteiger partial charge in [0, 0.05) is 16.8 Å². The summed E-state index contributed by atoms with van der Waals surface area (Å²) in [6, 6.07) is 22.6. The van der Waals surface area contributed by atoms with E-state index in [4.69, 9.17) is 4.74 Å². The highest BCUT2D eigenvalue weighted by atomic mass is 32.2. The maximum Gasteiger partial charge on any atom is 0.255 e. The van der Waals surface area contributed by atoms with Crippen molar-refractivity contribution < 1.29 is 14.3 Å². The van der Waals surface area contributed by atoms with Crippen LogP contribution in [0.5, 0.6) is 5.75 Å². The molecule has 3 aromatic rings. The first-order chi connectivity index (χ1) is 14.6. The molecule has 5 nitrogen and oxygen atoms in total. The highest BCUT2D eigenvalue weighted by molar-refractivity contribution is 8.00. The number of anilines is 2. The largest absolute Gasteiger partial charge is 0.495 e. The molecule has 1 atom stereocenters. The molecule has 152 valence electrons. The van der Waals surface area contributed by atoms with Gasteiger partial charge in [-0.2, -0.15) is 0 Å². The van der Waals surface area contributed by atoms with Crippen LogP contribution in [0, 0.1) is 6.92 Å². The molecule has 0 bridgehead atoms. The fourth-order valence-corrected chi connectivity index (χ4v) is 4.79. The Balaban J connectivity index is 1.70. The van der Waals surface area contributed by atoms with Crippen molar-refractivity contribution in [3.8, 4) is 5.75 Å². The van der Waals surface area contributed by atoms with E-state index >= 15 is 0 Å². The van der Waals surface area contributed by atoms with Crippen LogP contribution in [0.3, 0.4) is 0 Å². The number of hydrogen-bond acceptors (Lipinski definition) is 4. The van der Waals surface area contributed by atoms with Crippen LogP contribution < -0.4 is 15.0 Å². The number of hydrogen-bond donors (Lipinski definition) is 1. The zero-order chi connectivity index (χ0) is 21.1. The average molecular weight is 419 g/mol. The Labute approximate surface area is 180 Å². The van der Waals surface area contributed by atoms with Gasteiger partial charge >= 0.3 is 0 Å². The molecule has 4 rings (SSSR count). The van der Waals surface area contributed by atoms with Crippen LogP contribution in [-0.4, -0.2) is 24.7 Å². The minimum Gasteiger partial charge on any atom is -0.495 e. The normalized spacial score (nSPS) is 15.9. The smallest absolute Gasteiger partial charge is 0.255 e. The van der Waals surface area contributed by atoms with E-state index in [-0.39, 0.29) is 17.2 Å². The number of carbonyl (C=O) groups excluding carboxylic acids is 2. The predicted octanol–water partition coefficient (Wildman–Crippen LogP) is 5.03. The van der Waals surface area contributed by atoms with Gasteiger partial charge in [0.2, 0.25) is 5.91 Å². The van der Waals surface area contributed by atoms with E-state index in [0.717, 1.165) is 16.8 Å². The van der Waals surface area contributed by atoms with Gasteiger partial charge in [-0.15, -0.1) is 11.8 Å². The van der Waals surface area contributed by atoms with Crippen LogP contribution in [0.4, 0.5) is 11.4 Å². The molecule has 1 fully saturated rings. The summed E-state index contributed by atoms with van der Waals surface area (Å²) in [6.07, 6.45) is 0. The zero-order valence-corrected chi connectivity index (χ0v) is 17.6. The van der Waals surface area contributed by atoms with Crippen molar-refractivity contribution in [1.29, 1.82) is 0 Å². The van der Waals surface area contributed by atoms with Crippen LogP contribution in [0.1, 0.15) is 26.9 Å². The molecule has 0 spiro atoms. The van der Waals surface area contributed by atoms with Crippen LogP contribution in [0.2, 0.25) is 0 Å². The fraction of sp³-hybridized carbons (Fsp3) is 0.167. The number of ether oxygens (including phenoxy) is 1. The Morgan fingerprint density at radius 2 is 1.73 bits per heavy atom. The van der Waals surface area contributed by atoms with Crippen molar-refractivity contribution >= 4 is 35.0 Å². The van der Waals surface area contributed by atoms with Crippen LogP contribution in [-0.2, 0) is 4.79 Å². The first-order valence-corrected chi connectivity index (χ1v) is 10.7. The van der Waals surface area contributed by atoms with Crippen LogP contribution in [0.25, 0.3) is 0 Å². The number of carbonyl (C=O) groups is 2. The molecule has 1 heterocycles. The van der Waals surface area contributed by atoms with Gasteiger partial charge in [0.1, 0.15) is 11.1 Å². The van der Waals surface area contributed by atoms with Gasteiger partial charge in [-0.05, 0) is 36.8 Å². The van der Waals surface area contributed by atoms with Crippen molar-refractivity contribution in [2.24, 2.45) is 0 Å². The highest BCUT2D eigenvalue weighted by Crippen LogP contribution is 2.46. The van der Waals surface area contributed by atoms with Gasteiger partial charge in [-0.25, -0.2) is 0 Å². The molecule has 2 amide bonds. The van der Waals surface area contributed by atoms with E-state index in [1.165, 1.54) is 11.8 Å². The first kappa shape index (κ1) is 20.0. The van der Waals surface area contributed by atoms with Gasteiger partial charge in [0.15, 0.2) is 0 Å². The number of nitrogens with zero attached hydrogens (tertiary/aromatic N) is 1. The van der Waals surface area contributed by atoms with Crippen molar-refractivity contribution in [2.75, 3.05) is 23.1 Å². The molecule has 6 heteroatoms. The van der Waals surface area contributed by atoms with Gasteiger partial charge in [-0.1, -0.05) is 48.5 Å². The number of methoxy groups -OCH3 is 1. The summed E-state index contributed by atoms with van der Waals surface area (Å²) in [6.45, 7) is 1.91. The zero-order valence-electron chi connectivity index (χ0n) is 16.8. The van der Waals surface area contributed by atoms with Crippen LogP contribution in [0.15, 0.2) is 72.8 Å². The maximum atomic E-state index is 12.9. The average Bonchev–Trinajstić information content (AvgIpc) is 3.15. The lowest BCUT2D eigenvalue weighted by Crippen LogP contribution is -2.29. The molecule has 1 unspecified atom stereocenters. The quantitative estimate of drug-likeness (QED) is 0.631. The Morgan fingerprint density at radius 1 is 1.03 bits per heavy atom. The molecule has 1 saturated heterocycles. The summed E-state index contributed by atoms with van der Waals surface area (Å²) >= 11 is 1.54. The number of aryl methyl sites for hydroxylation is 1. The first-order valence-electron chi connectivity index (χ1n) is 9.62. The second kappa shape index (κ2) is 8.63. The van der Waals surface area contributed by atoms with E-state index < -0.39 is 0 Å². The topological polar surface area (TPSA) is 58.6 Å². The third-order valence-electron chi connectivity index (χ3n) is 5.08. The number of amides is 2. The van der Waals surface area contributed by atoms with Crippen molar-refractivity contribution in [2.45, 2.75) is 12.3 Å². The third kappa shape index (κ3) is 3.78. The number of nitrogens with one attached hydrogen (secondary N) is 1. The van der Waals surface area contributed by atoms with Gasteiger partial charge in [-0.3, -0.25) is 14.5 Å². The maximum absolute atomic E-state index is 12.9. The number of thioether (sulfide) groups is 1. The minimum absolute atomic E-state index is 0.00883. The SMILES string of the molecule is COc1ccccc1N1C(=O)CSC1c1ccccc1NC(=O)c1ccccc1C. The van der Waals surface area contributed by atoms with Crippen molar-refractivity contribution in [3.05, 3.63) is 89.5 Å². The van der Waals surface area contributed by atoms with E-state index in [9.17, 15) is 9.59 Å². The molecule has 0 aromatic heterocycles. The Kier molecular flexibility index (Phi) is 5.77. The summed E-state index contributed by atoms with van der Waals surface area (Å²) in [5.74, 6) is 0.844. The molecule has 1 N–H and O–H groups in total. The highest BCUT2D eigenvalue weighted by Gasteiger charge is 2.36. The lowest BCUT2D eigenvalue weighted by atomic mass is 10.1. The molecule has 1 aliphatic heterocycles. The van der Waals surface area contributed by atoms with Gasteiger partial charge in [0.25, 0.3) is 5.91 Å². The molecule has 3 aromatic carbocycles. The Bertz CT molecular complexity index is 1100.